The molecule has 0 nitrogen and oxygen atoms in total. The Balaban J connectivity index is 2.38. The highest BCUT2D eigenvalue weighted by Gasteiger charge is 1.96. The minimum atomic E-state index is 0.630. The molecule has 0 saturated heterocycles. The van der Waals surface area contributed by atoms with Crippen LogP contribution < -0.4 is 0 Å². The number of benzene rings is 1. The molecule has 0 fully saturated rings. The zero-order valence-electron chi connectivity index (χ0n) is 7.66. The monoisotopic (exact) mass is 158 g/mol. The molecule has 0 aromatic heterocycles. The van der Waals surface area contributed by atoms with E-state index in [1.54, 1.807) is 0 Å². The number of hydrogen-bond acceptors (Lipinski definition) is 0. The topological polar surface area (TPSA) is 0 Å². The summed E-state index contributed by atoms with van der Waals surface area (Å²) in [5.41, 5.74) is 1.42. The molecule has 0 aliphatic rings. The molecule has 0 amide bonds. The lowest BCUT2D eigenvalue weighted by Gasteiger charge is -2.04. The Bertz CT molecular complexity index is 228. The predicted molar refractivity (Wildman–Crippen MR) is 57.3 cm³/mol. The average molecular weight is 158 g/mol. The smallest absolute Gasteiger partial charge is 0.104 e. The van der Waals surface area contributed by atoms with Gasteiger partial charge in [0, 0.05) is 0 Å². The largest absolute Gasteiger partial charge is 0.110 e. The maximum absolute atomic E-state index is 3.77. The van der Waals surface area contributed by atoms with E-state index in [2.05, 4.69) is 44.8 Å². The molecule has 0 saturated carbocycles. The molecule has 1 atom stereocenters. The Hall–Kier alpha value is -0.975. The molecule has 0 bridgehead atoms. The number of aryl methyl sites for hydroxylation is 1. The third-order valence-corrected chi connectivity index (χ3v) is 2.13. The zero-order chi connectivity index (χ0) is 8.81. The molecule has 12 heavy (non-hydrogen) atoms. The van der Waals surface area contributed by atoms with Crippen LogP contribution in [0.5, 0.6) is 0 Å². The number of hydrogen-bond donors (Lipinski definition) is 0. The lowest BCUT2D eigenvalue weighted by molar-refractivity contribution is 0.841. The van der Waals surface area contributed by atoms with Crippen molar-refractivity contribution in [1.82, 2.24) is 0 Å². The van der Waals surface area contributed by atoms with Gasteiger partial charge >= 0.3 is 0 Å². The van der Waals surface area contributed by atoms with Crippen LogP contribution in [0.1, 0.15) is 12.0 Å². The third-order valence-electron chi connectivity index (χ3n) is 2.13. The quantitative estimate of drug-likeness (QED) is 0.465. The lowest BCUT2D eigenvalue weighted by atomic mass is 9.83. The summed E-state index contributed by atoms with van der Waals surface area (Å²) in [6, 6.07) is 10.6. The van der Waals surface area contributed by atoms with Crippen LogP contribution in [0.4, 0.5) is 0 Å². The van der Waals surface area contributed by atoms with E-state index in [1.807, 2.05) is 6.08 Å². The fourth-order valence-electron chi connectivity index (χ4n) is 1.16. The summed E-state index contributed by atoms with van der Waals surface area (Å²) in [6.45, 7) is 3.77. The van der Waals surface area contributed by atoms with Gasteiger partial charge in [0.1, 0.15) is 7.85 Å². The Kier molecular flexibility index (Phi) is 3.66. The first-order chi connectivity index (χ1) is 5.83. The Morgan fingerprint density at radius 1 is 1.33 bits per heavy atom. The molecule has 0 spiro atoms. The molecular formula is C11H15B. The van der Waals surface area contributed by atoms with Crippen LogP contribution in [-0.2, 0) is 6.42 Å². The fourth-order valence-corrected chi connectivity index (χ4v) is 1.16. The normalized spacial score (nSPS) is 12.3. The second-order valence-electron chi connectivity index (χ2n) is 3.24. The van der Waals surface area contributed by atoms with Crippen molar-refractivity contribution in [2.24, 2.45) is 0 Å². The standard InChI is InChI=1S/C11H15B/c1-2-11(12)9-8-10-6-4-3-5-7-10/h2-7,11H,1,8-9,12H2/t11-/m1/s1. The van der Waals surface area contributed by atoms with E-state index >= 15 is 0 Å². The minimum Gasteiger partial charge on any atom is -0.104 e. The van der Waals surface area contributed by atoms with Crippen molar-refractivity contribution in [3.8, 4) is 0 Å². The van der Waals surface area contributed by atoms with Gasteiger partial charge in [0.15, 0.2) is 0 Å². The maximum atomic E-state index is 3.77. The molecule has 0 aliphatic heterocycles. The lowest BCUT2D eigenvalue weighted by Crippen LogP contribution is -1.91. The number of rotatable bonds is 4. The van der Waals surface area contributed by atoms with Gasteiger partial charge in [0.2, 0.25) is 0 Å². The van der Waals surface area contributed by atoms with Crippen molar-refractivity contribution in [3.05, 3.63) is 48.6 Å². The van der Waals surface area contributed by atoms with E-state index in [4.69, 9.17) is 0 Å². The van der Waals surface area contributed by atoms with Crippen LogP contribution in [0.2, 0.25) is 5.82 Å². The van der Waals surface area contributed by atoms with Crippen LogP contribution in [0.15, 0.2) is 43.0 Å². The molecule has 1 heteroatoms. The third kappa shape index (κ3) is 2.95. The highest BCUT2D eigenvalue weighted by molar-refractivity contribution is 6.12. The highest BCUT2D eigenvalue weighted by atomic mass is 14.0. The fraction of sp³-hybridized carbons (Fsp3) is 0.273. The molecule has 0 unspecified atom stereocenters. The summed E-state index contributed by atoms with van der Waals surface area (Å²) < 4.78 is 0. The summed E-state index contributed by atoms with van der Waals surface area (Å²) in [5, 5.41) is 0. The van der Waals surface area contributed by atoms with Crippen molar-refractivity contribution in [3.63, 3.8) is 0 Å². The van der Waals surface area contributed by atoms with E-state index in [-0.39, 0.29) is 0 Å². The Labute approximate surface area is 75.7 Å². The highest BCUT2D eigenvalue weighted by Crippen LogP contribution is 2.11. The molecule has 1 aromatic rings. The van der Waals surface area contributed by atoms with Crippen molar-refractivity contribution in [2.45, 2.75) is 18.7 Å². The van der Waals surface area contributed by atoms with Crippen LogP contribution >= 0.6 is 0 Å². The molecular weight excluding hydrogens is 143 g/mol. The van der Waals surface area contributed by atoms with Gasteiger partial charge < -0.3 is 0 Å². The van der Waals surface area contributed by atoms with Crippen molar-refractivity contribution >= 4 is 7.85 Å². The molecule has 1 aromatic carbocycles. The van der Waals surface area contributed by atoms with Gasteiger partial charge in [0.05, 0.1) is 0 Å². The molecule has 0 aliphatic carbocycles. The summed E-state index contributed by atoms with van der Waals surface area (Å²) in [7, 11) is 2.20. The SMILES string of the molecule is B[C@H](C=C)CCc1ccccc1. The molecule has 1 rings (SSSR count). The first-order valence-electron chi connectivity index (χ1n) is 4.49. The van der Waals surface area contributed by atoms with Crippen molar-refractivity contribution in [2.75, 3.05) is 0 Å². The van der Waals surface area contributed by atoms with Gasteiger partial charge in [-0.2, -0.15) is 0 Å². The van der Waals surface area contributed by atoms with Gasteiger partial charge in [-0.3, -0.25) is 0 Å². The summed E-state index contributed by atoms with van der Waals surface area (Å²) in [6.07, 6.45) is 4.38. The second kappa shape index (κ2) is 4.81. The van der Waals surface area contributed by atoms with E-state index in [0.717, 1.165) is 6.42 Å². The van der Waals surface area contributed by atoms with Gasteiger partial charge in [-0.1, -0.05) is 48.6 Å². The zero-order valence-corrected chi connectivity index (χ0v) is 7.66. The Morgan fingerprint density at radius 2 is 2.00 bits per heavy atom. The summed E-state index contributed by atoms with van der Waals surface area (Å²) in [5.74, 6) is 0.630. The maximum Gasteiger partial charge on any atom is 0.110 e. The molecule has 62 valence electrons. The average Bonchev–Trinajstić information content (AvgIpc) is 2.16. The van der Waals surface area contributed by atoms with Crippen molar-refractivity contribution in [1.29, 1.82) is 0 Å². The minimum absolute atomic E-state index is 0.630. The van der Waals surface area contributed by atoms with Gasteiger partial charge in [0.25, 0.3) is 0 Å². The van der Waals surface area contributed by atoms with Gasteiger partial charge in [-0.15, -0.1) is 6.58 Å². The van der Waals surface area contributed by atoms with Gasteiger partial charge in [-0.05, 0) is 12.0 Å². The molecule has 0 heterocycles. The number of allylic oxidation sites excluding steroid dienone is 1. The van der Waals surface area contributed by atoms with Gasteiger partial charge in [-0.25, -0.2) is 0 Å². The van der Waals surface area contributed by atoms with Crippen molar-refractivity contribution < 1.29 is 0 Å². The van der Waals surface area contributed by atoms with E-state index in [0.29, 0.717) is 5.82 Å². The molecule has 0 N–H and O–H groups in total. The second-order valence-corrected chi connectivity index (χ2v) is 3.24. The predicted octanol–water partition coefficient (Wildman–Crippen LogP) is 2.23. The first-order valence-corrected chi connectivity index (χ1v) is 4.49. The van der Waals surface area contributed by atoms with Crippen LogP contribution in [0.25, 0.3) is 0 Å². The first kappa shape index (κ1) is 9.12. The molecule has 0 radical (unpaired) electrons. The van der Waals surface area contributed by atoms with Crippen LogP contribution in [-0.4, -0.2) is 7.85 Å². The van der Waals surface area contributed by atoms with E-state index in [1.165, 1.54) is 12.0 Å². The summed E-state index contributed by atoms with van der Waals surface area (Å²) >= 11 is 0. The van der Waals surface area contributed by atoms with E-state index < -0.39 is 0 Å². The van der Waals surface area contributed by atoms with E-state index in [9.17, 15) is 0 Å². The summed E-state index contributed by atoms with van der Waals surface area (Å²) in [4.78, 5) is 0. The van der Waals surface area contributed by atoms with Crippen LogP contribution in [0, 0.1) is 0 Å². The van der Waals surface area contributed by atoms with Crippen LogP contribution in [0.3, 0.4) is 0 Å². The Morgan fingerprint density at radius 3 is 2.58 bits per heavy atom.